The van der Waals surface area contributed by atoms with E-state index in [0.717, 1.165) is 37.7 Å². The number of aliphatic hydroxyl groups excluding tert-OH is 1. The summed E-state index contributed by atoms with van der Waals surface area (Å²) in [6.45, 7) is 7.80. The molecule has 35 heavy (non-hydrogen) atoms. The summed E-state index contributed by atoms with van der Waals surface area (Å²) in [5.74, 6) is 0. The van der Waals surface area contributed by atoms with E-state index in [2.05, 4.69) is 55.2 Å². The van der Waals surface area contributed by atoms with Gasteiger partial charge in [-0.25, -0.2) is 4.79 Å². The van der Waals surface area contributed by atoms with Crippen molar-refractivity contribution in [2.45, 2.75) is 102 Å². The third kappa shape index (κ3) is 7.68. The quantitative estimate of drug-likeness (QED) is 0.258. The third-order valence-electron chi connectivity index (χ3n) is 8.03. The Morgan fingerprint density at radius 2 is 1.51 bits per heavy atom. The summed E-state index contributed by atoms with van der Waals surface area (Å²) in [6.07, 6.45) is 9.87. The summed E-state index contributed by atoms with van der Waals surface area (Å²) in [6, 6.07) is 21.3. The first-order valence-corrected chi connectivity index (χ1v) is 16.7. The zero-order chi connectivity index (χ0) is 25.1. The van der Waals surface area contributed by atoms with Crippen LogP contribution in [0.25, 0.3) is 0 Å². The number of piperidine rings is 1. The number of ether oxygens (including phenoxy) is 1. The average molecular weight is 496 g/mol. The van der Waals surface area contributed by atoms with Crippen LogP contribution in [0.3, 0.4) is 0 Å². The Balaban J connectivity index is 1.68. The SMILES string of the molecule is C[C@H]1[C@@H]([Si](C)(C)c2ccccc2)CC[C@@H](CCCCCCCCO)N1C(=O)OCc1ccccc1. The predicted octanol–water partition coefficient (Wildman–Crippen LogP) is 6.88. The van der Waals surface area contributed by atoms with E-state index >= 15 is 0 Å². The molecule has 1 aliphatic heterocycles. The molecule has 1 amide bonds. The maximum absolute atomic E-state index is 13.5. The minimum Gasteiger partial charge on any atom is -0.445 e. The monoisotopic (exact) mass is 495 g/mol. The molecule has 1 N–H and O–H groups in total. The molecule has 1 fully saturated rings. The fourth-order valence-corrected chi connectivity index (χ4v) is 9.65. The summed E-state index contributed by atoms with van der Waals surface area (Å²) in [7, 11) is -1.77. The second-order valence-electron chi connectivity index (χ2n) is 10.7. The number of hydrogen-bond donors (Lipinski definition) is 1. The zero-order valence-electron chi connectivity index (χ0n) is 22.0. The van der Waals surface area contributed by atoms with Crippen molar-refractivity contribution >= 4 is 19.4 Å². The molecule has 3 rings (SSSR count). The van der Waals surface area contributed by atoms with Crippen molar-refractivity contribution in [3.05, 3.63) is 66.2 Å². The number of benzene rings is 2. The number of rotatable bonds is 12. The van der Waals surface area contributed by atoms with Gasteiger partial charge in [-0.1, -0.05) is 111 Å². The number of aliphatic hydroxyl groups is 1. The van der Waals surface area contributed by atoms with Crippen LogP contribution in [-0.2, 0) is 11.3 Å². The molecule has 4 nitrogen and oxygen atoms in total. The Bertz CT molecular complexity index is 874. The molecule has 1 saturated heterocycles. The van der Waals surface area contributed by atoms with Crippen molar-refractivity contribution in [3.63, 3.8) is 0 Å². The second-order valence-corrected chi connectivity index (χ2v) is 15.5. The summed E-state index contributed by atoms with van der Waals surface area (Å²) in [5.41, 5.74) is 1.53. The molecule has 0 radical (unpaired) electrons. The summed E-state index contributed by atoms with van der Waals surface area (Å²) in [5, 5.41) is 10.4. The van der Waals surface area contributed by atoms with Gasteiger partial charge in [0.15, 0.2) is 0 Å². The topological polar surface area (TPSA) is 49.8 Å². The molecule has 2 aromatic rings. The van der Waals surface area contributed by atoms with Crippen LogP contribution in [0.15, 0.2) is 60.7 Å². The first-order chi connectivity index (χ1) is 16.9. The summed E-state index contributed by atoms with van der Waals surface area (Å²) < 4.78 is 5.89. The van der Waals surface area contributed by atoms with E-state index in [0.29, 0.717) is 18.8 Å². The first kappa shape index (κ1) is 27.5. The lowest BCUT2D eigenvalue weighted by molar-refractivity contribution is 0.0426. The van der Waals surface area contributed by atoms with Gasteiger partial charge in [-0.3, -0.25) is 0 Å². The van der Waals surface area contributed by atoms with Gasteiger partial charge in [-0.05, 0) is 43.7 Å². The largest absolute Gasteiger partial charge is 0.445 e. The van der Waals surface area contributed by atoms with Crippen molar-refractivity contribution in [1.82, 2.24) is 4.90 Å². The lowest BCUT2D eigenvalue weighted by atomic mass is 9.92. The molecule has 1 aliphatic rings. The van der Waals surface area contributed by atoms with Gasteiger partial charge in [0, 0.05) is 18.7 Å². The summed E-state index contributed by atoms with van der Waals surface area (Å²) in [4.78, 5) is 15.6. The van der Waals surface area contributed by atoms with E-state index in [-0.39, 0.29) is 18.2 Å². The molecule has 2 aromatic carbocycles. The van der Waals surface area contributed by atoms with E-state index < -0.39 is 8.07 Å². The van der Waals surface area contributed by atoms with Crippen LogP contribution in [0.2, 0.25) is 18.6 Å². The Labute approximate surface area is 213 Å². The van der Waals surface area contributed by atoms with Crippen LogP contribution >= 0.6 is 0 Å². The highest BCUT2D eigenvalue weighted by atomic mass is 28.3. The van der Waals surface area contributed by atoms with E-state index in [1.54, 1.807) is 0 Å². The molecule has 0 spiro atoms. The normalized spacial score (nSPS) is 20.6. The number of hydrogen-bond acceptors (Lipinski definition) is 3. The van der Waals surface area contributed by atoms with Crippen LogP contribution in [0.5, 0.6) is 0 Å². The number of carbonyl (C=O) groups is 1. The molecular formula is C30H45NO3Si. The van der Waals surface area contributed by atoms with Crippen LogP contribution in [0.4, 0.5) is 4.79 Å². The van der Waals surface area contributed by atoms with Crippen LogP contribution in [0.1, 0.15) is 70.3 Å². The van der Waals surface area contributed by atoms with Crippen molar-refractivity contribution in [2.24, 2.45) is 0 Å². The molecule has 1 heterocycles. The van der Waals surface area contributed by atoms with Crippen molar-refractivity contribution in [2.75, 3.05) is 6.61 Å². The van der Waals surface area contributed by atoms with Gasteiger partial charge < -0.3 is 14.7 Å². The molecule has 3 atom stereocenters. The molecule has 0 aliphatic carbocycles. The standard InChI is InChI=1S/C30H45NO3Si/c1-25-29(35(2,3)28-19-13-9-14-20-28)22-21-27(18-12-6-4-5-7-15-23-32)31(25)30(33)34-24-26-16-10-8-11-17-26/h8-11,13-14,16-17,19-20,25,27,29,32H,4-7,12,15,18,21-24H2,1-3H3/t25-,27+,29-/m0/s1. The number of likely N-dealkylation sites (tertiary alicyclic amines) is 1. The maximum atomic E-state index is 13.5. The number of nitrogens with zero attached hydrogens (tertiary/aromatic N) is 1. The minimum atomic E-state index is -1.77. The second kappa shape index (κ2) is 13.8. The lowest BCUT2D eigenvalue weighted by Gasteiger charge is -2.49. The fourth-order valence-electron chi connectivity index (χ4n) is 5.92. The fraction of sp³-hybridized carbons (Fsp3) is 0.567. The molecule has 0 saturated carbocycles. The van der Waals surface area contributed by atoms with Gasteiger partial charge in [0.1, 0.15) is 6.61 Å². The van der Waals surface area contributed by atoms with E-state index in [9.17, 15) is 4.79 Å². The average Bonchev–Trinajstić information content (AvgIpc) is 2.88. The summed E-state index contributed by atoms with van der Waals surface area (Å²) >= 11 is 0. The van der Waals surface area contributed by atoms with Gasteiger partial charge in [0.2, 0.25) is 0 Å². The highest BCUT2D eigenvalue weighted by molar-refractivity contribution is 6.91. The number of amides is 1. The van der Waals surface area contributed by atoms with Crippen molar-refractivity contribution in [1.29, 1.82) is 0 Å². The minimum absolute atomic E-state index is 0.156. The predicted molar refractivity (Wildman–Crippen MR) is 148 cm³/mol. The molecule has 192 valence electrons. The maximum Gasteiger partial charge on any atom is 0.410 e. The van der Waals surface area contributed by atoms with E-state index in [1.807, 2.05) is 30.3 Å². The smallest absolute Gasteiger partial charge is 0.410 e. The lowest BCUT2D eigenvalue weighted by Crippen LogP contribution is -2.59. The van der Waals surface area contributed by atoms with Gasteiger partial charge in [-0.2, -0.15) is 0 Å². The van der Waals surface area contributed by atoms with Crippen LogP contribution in [-0.4, -0.2) is 42.9 Å². The first-order valence-electron chi connectivity index (χ1n) is 13.6. The molecular weight excluding hydrogens is 450 g/mol. The Kier molecular flexibility index (Phi) is 10.9. The van der Waals surface area contributed by atoms with Crippen molar-refractivity contribution in [3.8, 4) is 0 Å². The molecule has 0 unspecified atom stereocenters. The van der Waals surface area contributed by atoms with Gasteiger partial charge >= 0.3 is 6.09 Å². The molecule has 0 bridgehead atoms. The Morgan fingerprint density at radius 3 is 2.17 bits per heavy atom. The van der Waals surface area contributed by atoms with Crippen LogP contribution in [0, 0.1) is 0 Å². The highest BCUT2D eigenvalue weighted by Crippen LogP contribution is 2.40. The highest BCUT2D eigenvalue weighted by Gasteiger charge is 2.45. The molecule has 5 heteroatoms. The van der Waals surface area contributed by atoms with E-state index in [1.165, 1.54) is 30.9 Å². The number of unbranched alkanes of at least 4 members (excludes halogenated alkanes) is 5. The van der Waals surface area contributed by atoms with E-state index in [4.69, 9.17) is 9.84 Å². The Hall–Kier alpha value is -2.11. The Morgan fingerprint density at radius 1 is 0.914 bits per heavy atom. The van der Waals surface area contributed by atoms with Gasteiger partial charge in [0.05, 0.1) is 8.07 Å². The van der Waals surface area contributed by atoms with Crippen molar-refractivity contribution < 1.29 is 14.6 Å². The van der Waals surface area contributed by atoms with Crippen LogP contribution < -0.4 is 5.19 Å². The third-order valence-corrected chi connectivity index (χ3v) is 12.5. The zero-order valence-corrected chi connectivity index (χ0v) is 23.0. The number of carbonyl (C=O) groups excluding carboxylic acids is 1. The van der Waals surface area contributed by atoms with Gasteiger partial charge in [-0.15, -0.1) is 0 Å². The molecule has 0 aromatic heterocycles. The van der Waals surface area contributed by atoms with Gasteiger partial charge in [0.25, 0.3) is 0 Å².